The Kier molecular flexibility index (Phi) is 7.95. The van der Waals surface area contributed by atoms with Crippen molar-refractivity contribution in [2.45, 2.75) is 39.8 Å². The average Bonchev–Trinajstić information content (AvgIpc) is 3.21. The topological polar surface area (TPSA) is 66.1 Å². The minimum absolute atomic E-state index is 0. The van der Waals surface area contributed by atoms with Crippen molar-refractivity contribution < 1.29 is 9.26 Å². The van der Waals surface area contributed by atoms with E-state index in [0.29, 0.717) is 12.6 Å². The Morgan fingerprint density at radius 1 is 1.28 bits per heavy atom. The van der Waals surface area contributed by atoms with E-state index in [1.165, 1.54) is 6.42 Å². The molecule has 0 aliphatic carbocycles. The normalized spacial score (nSPS) is 22.1. The highest BCUT2D eigenvalue weighted by atomic mass is 127. The van der Waals surface area contributed by atoms with Gasteiger partial charge in [0.1, 0.15) is 5.76 Å². The lowest BCUT2D eigenvalue weighted by Crippen LogP contribution is -2.46. The number of aryl methyl sites for hydroxylation is 2. The van der Waals surface area contributed by atoms with Crippen LogP contribution >= 0.6 is 24.0 Å². The van der Waals surface area contributed by atoms with Crippen molar-refractivity contribution in [2.75, 3.05) is 45.9 Å². The summed E-state index contributed by atoms with van der Waals surface area (Å²) in [4.78, 5) is 9.76. The Labute approximate surface area is 167 Å². The van der Waals surface area contributed by atoms with Crippen LogP contribution < -0.4 is 5.32 Å². The standard InChI is InChI=1S/C17H29N5O2.HI/c1-4-18-17(19-11-16-13(2)20-24-14(16)3)22-6-5-15(12-22)21-7-9-23-10-8-21;/h15H,4-12H2,1-3H3,(H,18,19);1H. The third-order valence-corrected chi connectivity index (χ3v) is 4.93. The van der Waals surface area contributed by atoms with Crippen LogP contribution in [0.15, 0.2) is 9.52 Å². The van der Waals surface area contributed by atoms with Crippen LogP contribution in [0.25, 0.3) is 0 Å². The van der Waals surface area contributed by atoms with Crippen molar-refractivity contribution in [2.24, 2.45) is 4.99 Å². The predicted molar refractivity (Wildman–Crippen MR) is 109 cm³/mol. The summed E-state index contributed by atoms with van der Waals surface area (Å²) in [5.41, 5.74) is 2.02. The van der Waals surface area contributed by atoms with Gasteiger partial charge in [-0.2, -0.15) is 0 Å². The maximum Gasteiger partial charge on any atom is 0.194 e. The van der Waals surface area contributed by atoms with Gasteiger partial charge in [-0.3, -0.25) is 4.90 Å². The highest BCUT2D eigenvalue weighted by molar-refractivity contribution is 14.0. The molecule has 0 aromatic carbocycles. The zero-order chi connectivity index (χ0) is 16.9. The monoisotopic (exact) mass is 463 g/mol. The maximum atomic E-state index is 5.47. The molecule has 2 aliphatic rings. The average molecular weight is 463 g/mol. The molecule has 2 saturated heterocycles. The zero-order valence-electron chi connectivity index (χ0n) is 15.5. The van der Waals surface area contributed by atoms with E-state index in [9.17, 15) is 0 Å². The lowest BCUT2D eigenvalue weighted by atomic mass is 10.2. The van der Waals surface area contributed by atoms with E-state index in [0.717, 1.165) is 68.9 Å². The Morgan fingerprint density at radius 2 is 2.04 bits per heavy atom. The van der Waals surface area contributed by atoms with Gasteiger partial charge in [0.05, 0.1) is 25.5 Å². The molecule has 1 atom stereocenters. The minimum atomic E-state index is 0. The van der Waals surface area contributed by atoms with Crippen LogP contribution in [0.3, 0.4) is 0 Å². The van der Waals surface area contributed by atoms with Crippen molar-refractivity contribution in [3.63, 3.8) is 0 Å². The molecule has 142 valence electrons. The van der Waals surface area contributed by atoms with E-state index in [2.05, 4.69) is 27.2 Å². The number of guanidine groups is 1. The van der Waals surface area contributed by atoms with Gasteiger partial charge in [-0.25, -0.2) is 4.99 Å². The minimum Gasteiger partial charge on any atom is -0.379 e. The first-order chi connectivity index (χ1) is 11.7. The third-order valence-electron chi connectivity index (χ3n) is 4.93. The quantitative estimate of drug-likeness (QED) is 0.417. The number of morpholine rings is 1. The summed E-state index contributed by atoms with van der Waals surface area (Å²) in [6.45, 7) is 13.4. The number of likely N-dealkylation sites (tertiary alicyclic amines) is 1. The molecule has 0 spiro atoms. The second kappa shape index (κ2) is 9.72. The fourth-order valence-electron chi connectivity index (χ4n) is 3.48. The van der Waals surface area contributed by atoms with Gasteiger partial charge in [0.2, 0.25) is 0 Å². The number of aromatic nitrogens is 1. The summed E-state index contributed by atoms with van der Waals surface area (Å²) in [5, 5.41) is 7.45. The van der Waals surface area contributed by atoms with E-state index in [-0.39, 0.29) is 24.0 Å². The van der Waals surface area contributed by atoms with Crippen molar-refractivity contribution >= 4 is 29.9 Å². The first kappa shape index (κ1) is 20.4. The van der Waals surface area contributed by atoms with Crippen LogP contribution in [0.2, 0.25) is 0 Å². The lowest BCUT2D eigenvalue weighted by Gasteiger charge is -2.32. The number of hydrogen-bond donors (Lipinski definition) is 1. The van der Waals surface area contributed by atoms with E-state index < -0.39 is 0 Å². The fourth-order valence-corrected chi connectivity index (χ4v) is 3.48. The van der Waals surface area contributed by atoms with Crippen LogP contribution in [0.5, 0.6) is 0 Å². The highest BCUT2D eigenvalue weighted by Crippen LogP contribution is 2.18. The van der Waals surface area contributed by atoms with Gasteiger partial charge in [-0.15, -0.1) is 24.0 Å². The smallest absolute Gasteiger partial charge is 0.194 e. The van der Waals surface area contributed by atoms with Crippen LogP contribution in [-0.4, -0.2) is 72.9 Å². The fraction of sp³-hybridized carbons (Fsp3) is 0.765. The van der Waals surface area contributed by atoms with Gasteiger partial charge in [0.25, 0.3) is 0 Å². The summed E-state index contributed by atoms with van der Waals surface area (Å²) >= 11 is 0. The molecular weight excluding hydrogens is 433 g/mol. The molecule has 2 fully saturated rings. The van der Waals surface area contributed by atoms with Gasteiger partial charge in [0.15, 0.2) is 5.96 Å². The summed E-state index contributed by atoms with van der Waals surface area (Å²) in [7, 11) is 0. The van der Waals surface area contributed by atoms with Gasteiger partial charge in [-0.05, 0) is 27.2 Å². The van der Waals surface area contributed by atoms with E-state index >= 15 is 0 Å². The number of nitrogens with one attached hydrogen (secondary N) is 1. The Bertz CT molecular complexity index is 552. The summed E-state index contributed by atoms with van der Waals surface area (Å²) in [5.74, 6) is 1.85. The van der Waals surface area contributed by atoms with Crippen LogP contribution in [0.1, 0.15) is 30.4 Å². The molecular formula is C17H30IN5O2. The van der Waals surface area contributed by atoms with Gasteiger partial charge in [0, 0.05) is 44.3 Å². The first-order valence-corrected chi connectivity index (χ1v) is 8.95. The van der Waals surface area contributed by atoms with Gasteiger partial charge < -0.3 is 19.5 Å². The summed E-state index contributed by atoms with van der Waals surface area (Å²) < 4.78 is 10.7. The molecule has 1 unspecified atom stereocenters. The van der Waals surface area contributed by atoms with Crippen LogP contribution in [0, 0.1) is 13.8 Å². The molecule has 3 heterocycles. The second-order valence-corrected chi connectivity index (χ2v) is 6.51. The molecule has 1 aromatic heterocycles. The number of ether oxygens (including phenoxy) is 1. The number of aliphatic imine (C=N–C) groups is 1. The molecule has 1 aromatic rings. The number of rotatable bonds is 4. The molecule has 0 saturated carbocycles. The number of hydrogen-bond acceptors (Lipinski definition) is 5. The molecule has 3 rings (SSSR count). The molecule has 7 nitrogen and oxygen atoms in total. The predicted octanol–water partition coefficient (Wildman–Crippen LogP) is 1.78. The molecule has 0 amide bonds. The largest absolute Gasteiger partial charge is 0.379 e. The number of halogens is 1. The molecule has 0 bridgehead atoms. The van der Waals surface area contributed by atoms with E-state index in [1.807, 2.05) is 13.8 Å². The first-order valence-electron chi connectivity index (χ1n) is 8.95. The molecule has 2 aliphatic heterocycles. The maximum absolute atomic E-state index is 5.47. The van der Waals surface area contributed by atoms with Crippen molar-refractivity contribution in [1.29, 1.82) is 0 Å². The molecule has 8 heteroatoms. The number of nitrogens with zero attached hydrogens (tertiary/aromatic N) is 4. The SMILES string of the molecule is CCNC(=NCc1c(C)noc1C)N1CCC(N2CCOCC2)C1.I. The van der Waals surface area contributed by atoms with Gasteiger partial charge >= 0.3 is 0 Å². The summed E-state index contributed by atoms with van der Waals surface area (Å²) in [6.07, 6.45) is 1.19. The van der Waals surface area contributed by atoms with Gasteiger partial charge in [-0.1, -0.05) is 5.16 Å². The van der Waals surface area contributed by atoms with Crippen molar-refractivity contribution in [3.05, 3.63) is 17.0 Å². The Morgan fingerprint density at radius 3 is 2.68 bits per heavy atom. The van der Waals surface area contributed by atoms with Crippen molar-refractivity contribution in [3.8, 4) is 0 Å². The lowest BCUT2D eigenvalue weighted by molar-refractivity contribution is 0.0195. The third kappa shape index (κ3) is 5.07. The van der Waals surface area contributed by atoms with E-state index in [1.54, 1.807) is 0 Å². The molecule has 25 heavy (non-hydrogen) atoms. The van der Waals surface area contributed by atoms with Crippen molar-refractivity contribution in [1.82, 2.24) is 20.3 Å². The van der Waals surface area contributed by atoms with Crippen LogP contribution in [0.4, 0.5) is 0 Å². The zero-order valence-corrected chi connectivity index (χ0v) is 17.8. The highest BCUT2D eigenvalue weighted by Gasteiger charge is 2.30. The van der Waals surface area contributed by atoms with Crippen LogP contribution in [-0.2, 0) is 11.3 Å². The Balaban J connectivity index is 0.00000225. The molecule has 1 N–H and O–H groups in total. The summed E-state index contributed by atoms with van der Waals surface area (Å²) in [6, 6.07) is 0.608. The molecule has 0 radical (unpaired) electrons. The van der Waals surface area contributed by atoms with E-state index in [4.69, 9.17) is 14.3 Å². The Hall–Kier alpha value is -0.870. The second-order valence-electron chi connectivity index (χ2n) is 6.51.